The fourth-order valence-corrected chi connectivity index (χ4v) is 0.998. The second kappa shape index (κ2) is 5.35. The number of aryl methyl sites for hydroxylation is 2. The lowest BCUT2D eigenvalue weighted by molar-refractivity contribution is 0.0682. The standard InChI is InChI=1S/C7H10N2O2.C2H6/c1-3-9-6(7(10)11)5(2)4-8-9;1-2/h4H,3H2,1-2H3,(H,10,11);1-2H3. The van der Waals surface area contributed by atoms with Crippen LogP contribution in [-0.4, -0.2) is 20.9 Å². The van der Waals surface area contributed by atoms with Crippen LogP contribution in [0.2, 0.25) is 0 Å². The van der Waals surface area contributed by atoms with Gasteiger partial charge in [-0.05, 0) is 13.8 Å². The fraction of sp³-hybridized carbons (Fsp3) is 0.556. The van der Waals surface area contributed by atoms with Gasteiger partial charge in [0.1, 0.15) is 5.69 Å². The SMILES string of the molecule is CC.CCn1ncc(C)c1C(=O)O. The van der Waals surface area contributed by atoms with Crippen molar-refractivity contribution in [3.05, 3.63) is 17.5 Å². The molecular formula is C9H16N2O2. The third kappa shape index (κ3) is 2.57. The Kier molecular flexibility index (Phi) is 4.80. The van der Waals surface area contributed by atoms with Crippen LogP contribution in [0.3, 0.4) is 0 Å². The summed E-state index contributed by atoms with van der Waals surface area (Å²) in [5, 5.41) is 12.6. The second-order valence-corrected chi connectivity index (χ2v) is 2.30. The first-order valence-corrected chi connectivity index (χ1v) is 4.42. The molecular weight excluding hydrogens is 168 g/mol. The number of aromatic carboxylic acids is 1. The predicted octanol–water partition coefficient (Wildman–Crippen LogP) is 1.94. The highest BCUT2D eigenvalue weighted by Gasteiger charge is 2.12. The smallest absolute Gasteiger partial charge is 0.354 e. The number of nitrogens with zero attached hydrogens (tertiary/aromatic N) is 2. The highest BCUT2D eigenvalue weighted by molar-refractivity contribution is 5.87. The van der Waals surface area contributed by atoms with Crippen LogP contribution in [0.4, 0.5) is 0 Å². The van der Waals surface area contributed by atoms with Gasteiger partial charge in [0.15, 0.2) is 0 Å². The molecule has 0 aliphatic heterocycles. The molecule has 13 heavy (non-hydrogen) atoms. The van der Waals surface area contributed by atoms with Gasteiger partial charge in [-0.3, -0.25) is 4.68 Å². The summed E-state index contributed by atoms with van der Waals surface area (Å²) in [7, 11) is 0. The molecule has 1 N–H and O–H groups in total. The number of rotatable bonds is 2. The molecule has 0 saturated carbocycles. The van der Waals surface area contributed by atoms with Gasteiger partial charge in [0.2, 0.25) is 0 Å². The Labute approximate surface area is 78.2 Å². The summed E-state index contributed by atoms with van der Waals surface area (Å²) >= 11 is 0. The zero-order valence-corrected chi connectivity index (χ0v) is 8.53. The number of hydrogen-bond donors (Lipinski definition) is 1. The van der Waals surface area contributed by atoms with Gasteiger partial charge in [-0.2, -0.15) is 5.10 Å². The minimum Gasteiger partial charge on any atom is -0.477 e. The van der Waals surface area contributed by atoms with Gasteiger partial charge in [-0.1, -0.05) is 13.8 Å². The lowest BCUT2D eigenvalue weighted by Crippen LogP contribution is -2.09. The molecule has 0 saturated heterocycles. The molecule has 0 aromatic carbocycles. The largest absolute Gasteiger partial charge is 0.477 e. The Morgan fingerprint density at radius 2 is 2.15 bits per heavy atom. The number of carboxylic acid groups (broad SMARTS) is 1. The number of carbonyl (C=O) groups is 1. The van der Waals surface area contributed by atoms with Crippen molar-refractivity contribution in [3.63, 3.8) is 0 Å². The summed E-state index contributed by atoms with van der Waals surface area (Å²) in [5.41, 5.74) is 0.992. The van der Waals surface area contributed by atoms with E-state index in [1.807, 2.05) is 20.8 Å². The van der Waals surface area contributed by atoms with E-state index in [0.717, 1.165) is 0 Å². The lowest BCUT2D eigenvalue weighted by Gasteiger charge is -1.98. The van der Waals surface area contributed by atoms with E-state index in [9.17, 15) is 4.79 Å². The van der Waals surface area contributed by atoms with E-state index in [-0.39, 0.29) is 5.69 Å². The van der Waals surface area contributed by atoms with Crippen molar-refractivity contribution in [2.45, 2.75) is 34.2 Å². The van der Waals surface area contributed by atoms with E-state index in [0.29, 0.717) is 12.1 Å². The van der Waals surface area contributed by atoms with Gasteiger partial charge < -0.3 is 5.11 Å². The average Bonchev–Trinajstić information content (AvgIpc) is 2.50. The maximum Gasteiger partial charge on any atom is 0.354 e. The second-order valence-electron chi connectivity index (χ2n) is 2.30. The van der Waals surface area contributed by atoms with Crippen LogP contribution in [0.5, 0.6) is 0 Å². The van der Waals surface area contributed by atoms with Gasteiger partial charge in [-0.15, -0.1) is 0 Å². The number of aromatic nitrogens is 2. The van der Waals surface area contributed by atoms with Crippen molar-refractivity contribution in [3.8, 4) is 0 Å². The highest BCUT2D eigenvalue weighted by Crippen LogP contribution is 2.05. The normalized spacial score (nSPS) is 8.92. The predicted molar refractivity (Wildman–Crippen MR) is 50.9 cm³/mol. The van der Waals surface area contributed by atoms with Crippen molar-refractivity contribution in [1.82, 2.24) is 9.78 Å². The minimum absolute atomic E-state index is 0.285. The topological polar surface area (TPSA) is 55.1 Å². The average molecular weight is 184 g/mol. The van der Waals surface area contributed by atoms with Crippen LogP contribution in [0, 0.1) is 6.92 Å². The summed E-state index contributed by atoms with van der Waals surface area (Å²) in [6.45, 7) is 8.19. The zero-order valence-electron chi connectivity index (χ0n) is 8.53. The van der Waals surface area contributed by atoms with Gasteiger partial charge >= 0.3 is 5.97 Å². The molecule has 1 heterocycles. The van der Waals surface area contributed by atoms with Crippen molar-refractivity contribution in [1.29, 1.82) is 0 Å². The van der Waals surface area contributed by atoms with Crippen LogP contribution in [0.25, 0.3) is 0 Å². The minimum atomic E-state index is -0.915. The quantitative estimate of drug-likeness (QED) is 0.764. The first-order valence-electron chi connectivity index (χ1n) is 4.42. The Bertz CT molecular complexity index is 279. The van der Waals surface area contributed by atoms with Crippen LogP contribution in [-0.2, 0) is 6.54 Å². The Balaban J connectivity index is 0.000000671. The van der Waals surface area contributed by atoms with Gasteiger partial charge in [0.05, 0.1) is 6.20 Å². The molecule has 4 heteroatoms. The Hall–Kier alpha value is -1.32. The summed E-state index contributed by atoms with van der Waals surface area (Å²) in [6, 6.07) is 0. The first kappa shape index (κ1) is 11.7. The molecule has 0 aliphatic carbocycles. The molecule has 0 radical (unpaired) electrons. The molecule has 0 spiro atoms. The monoisotopic (exact) mass is 184 g/mol. The van der Waals surface area contributed by atoms with E-state index in [4.69, 9.17) is 5.11 Å². The van der Waals surface area contributed by atoms with Gasteiger partial charge in [-0.25, -0.2) is 4.79 Å². The van der Waals surface area contributed by atoms with Crippen molar-refractivity contribution >= 4 is 5.97 Å². The van der Waals surface area contributed by atoms with E-state index < -0.39 is 5.97 Å². The Morgan fingerprint density at radius 3 is 2.46 bits per heavy atom. The summed E-state index contributed by atoms with van der Waals surface area (Å²) < 4.78 is 1.47. The summed E-state index contributed by atoms with van der Waals surface area (Å²) in [5.74, 6) is -0.915. The number of carboxylic acids is 1. The highest BCUT2D eigenvalue weighted by atomic mass is 16.4. The third-order valence-electron chi connectivity index (χ3n) is 1.52. The summed E-state index contributed by atoms with van der Waals surface area (Å²) in [6.07, 6.45) is 1.56. The molecule has 0 aliphatic rings. The van der Waals surface area contributed by atoms with Crippen molar-refractivity contribution in [2.24, 2.45) is 0 Å². The molecule has 0 atom stereocenters. The number of hydrogen-bond acceptors (Lipinski definition) is 2. The molecule has 4 nitrogen and oxygen atoms in total. The fourth-order valence-electron chi connectivity index (χ4n) is 0.998. The van der Waals surface area contributed by atoms with E-state index in [2.05, 4.69) is 5.10 Å². The van der Waals surface area contributed by atoms with Gasteiger partial charge in [0, 0.05) is 12.1 Å². The first-order chi connectivity index (χ1) is 6.16. The molecule has 1 aromatic heterocycles. The summed E-state index contributed by atoms with van der Waals surface area (Å²) in [4.78, 5) is 10.6. The molecule has 0 amide bonds. The molecule has 1 aromatic rings. The maximum absolute atomic E-state index is 10.6. The third-order valence-corrected chi connectivity index (χ3v) is 1.52. The zero-order chi connectivity index (χ0) is 10.4. The van der Waals surface area contributed by atoms with Crippen LogP contribution in [0.15, 0.2) is 6.20 Å². The maximum atomic E-state index is 10.6. The Morgan fingerprint density at radius 1 is 1.62 bits per heavy atom. The van der Waals surface area contributed by atoms with E-state index >= 15 is 0 Å². The molecule has 1 rings (SSSR count). The molecule has 0 unspecified atom stereocenters. The van der Waals surface area contributed by atoms with Crippen LogP contribution < -0.4 is 0 Å². The van der Waals surface area contributed by atoms with E-state index in [1.165, 1.54) is 4.68 Å². The van der Waals surface area contributed by atoms with Crippen LogP contribution >= 0.6 is 0 Å². The molecule has 74 valence electrons. The van der Waals surface area contributed by atoms with Crippen molar-refractivity contribution in [2.75, 3.05) is 0 Å². The van der Waals surface area contributed by atoms with Gasteiger partial charge in [0.25, 0.3) is 0 Å². The van der Waals surface area contributed by atoms with Crippen LogP contribution in [0.1, 0.15) is 36.8 Å². The van der Waals surface area contributed by atoms with E-state index in [1.54, 1.807) is 13.1 Å². The molecule has 0 bridgehead atoms. The van der Waals surface area contributed by atoms with Crippen molar-refractivity contribution < 1.29 is 9.90 Å². The lowest BCUT2D eigenvalue weighted by atomic mass is 10.3. The molecule has 0 fully saturated rings.